The van der Waals surface area contributed by atoms with E-state index in [0.29, 0.717) is 16.8 Å². The van der Waals surface area contributed by atoms with Crippen LogP contribution in [0.15, 0.2) is 84.9 Å². The molecular formula is C28H21N3O4S. The molecule has 7 nitrogen and oxygen atoms in total. The number of para-hydroxylation sites is 1. The topological polar surface area (TPSA) is 111 Å². The third kappa shape index (κ3) is 4.54. The summed E-state index contributed by atoms with van der Waals surface area (Å²) in [6.07, 6.45) is -1.06. The second-order valence-electron chi connectivity index (χ2n) is 8.17. The quantitative estimate of drug-likeness (QED) is 0.306. The summed E-state index contributed by atoms with van der Waals surface area (Å²) >= 11 is 1.55. The smallest absolute Gasteiger partial charge is 0.339 e. The Hall–Kier alpha value is -4.56. The van der Waals surface area contributed by atoms with Crippen molar-refractivity contribution in [1.82, 2.24) is 4.98 Å². The van der Waals surface area contributed by atoms with Crippen molar-refractivity contribution in [2.45, 2.75) is 13.0 Å². The van der Waals surface area contributed by atoms with Gasteiger partial charge in [-0.05, 0) is 54.8 Å². The molecule has 36 heavy (non-hydrogen) atoms. The number of anilines is 1. The predicted octanol–water partition coefficient (Wildman–Crippen LogP) is 5.40. The Morgan fingerprint density at radius 3 is 2.36 bits per heavy atom. The summed E-state index contributed by atoms with van der Waals surface area (Å²) in [7, 11) is 0. The van der Waals surface area contributed by atoms with E-state index >= 15 is 0 Å². The lowest BCUT2D eigenvalue weighted by Gasteiger charge is -2.15. The number of nitrogens with zero attached hydrogens (tertiary/aromatic N) is 1. The first kappa shape index (κ1) is 23.2. The summed E-state index contributed by atoms with van der Waals surface area (Å²) in [5, 5.41) is 5.07. The van der Waals surface area contributed by atoms with Crippen LogP contribution in [-0.2, 0) is 9.53 Å². The average Bonchev–Trinajstić information content (AvgIpc) is 3.32. The lowest BCUT2D eigenvalue weighted by atomic mass is 9.99. The number of nitrogens with one attached hydrogen (secondary N) is 1. The van der Waals surface area contributed by atoms with Crippen molar-refractivity contribution in [3.05, 3.63) is 96.1 Å². The van der Waals surface area contributed by atoms with E-state index in [4.69, 9.17) is 15.5 Å². The van der Waals surface area contributed by atoms with Gasteiger partial charge in [0.05, 0.1) is 15.8 Å². The van der Waals surface area contributed by atoms with Crippen LogP contribution in [0.1, 0.15) is 27.6 Å². The van der Waals surface area contributed by atoms with Gasteiger partial charge in [-0.25, -0.2) is 9.78 Å². The third-order valence-electron chi connectivity index (χ3n) is 5.74. The van der Waals surface area contributed by atoms with Gasteiger partial charge in [-0.15, -0.1) is 11.3 Å². The number of nitrogens with two attached hydrogens (primary N) is 1. The zero-order valence-electron chi connectivity index (χ0n) is 19.2. The van der Waals surface area contributed by atoms with E-state index in [9.17, 15) is 14.4 Å². The normalized spacial score (nSPS) is 11.8. The van der Waals surface area contributed by atoms with E-state index in [1.807, 2.05) is 48.5 Å². The van der Waals surface area contributed by atoms with Crippen LogP contribution >= 0.6 is 11.3 Å². The standard InChI is InChI=1S/C28H21N3O4S/c1-16(26(33)30-19-14-12-18(13-15-19)25(29)32)35-28(34)21-9-5-7-17-6-4-8-20(24(17)21)27-31-22-10-2-3-11-23(22)36-27/h2-16H,1H3,(H2,29,32)(H,30,33). The molecule has 1 unspecified atom stereocenters. The Morgan fingerprint density at radius 2 is 1.64 bits per heavy atom. The Balaban J connectivity index is 1.41. The number of aromatic nitrogens is 1. The van der Waals surface area contributed by atoms with Gasteiger partial charge < -0.3 is 15.8 Å². The SMILES string of the molecule is CC(OC(=O)c1cccc2cccc(-c3nc4ccccc4s3)c12)C(=O)Nc1ccc(C(N)=O)cc1. The van der Waals surface area contributed by atoms with Crippen molar-refractivity contribution in [3.8, 4) is 10.6 Å². The predicted molar refractivity (Wildman–Crippen MR) is 141 cm³/mol. The highest BCUT2D eigenvalue weighted by Crippen LogP contribution is 2.36. The van der Waals surface area contributed by atoms with Gasteiger partial charge in [0, 0.05) is 22.2 Å². The number of ether oxygens (including phenoxy) is 1. The monoisotopic (exact) mass is 495 g/mol. The Morgan fingerprint density at radius 1 is 0.917 bits per heavy atom. The molecule has 4 aromatic carbocycles. The molecule has 5 aromatic rings. The largest absolute Gasteiger partial charge is 0.449 e. The van der Waals surface area contributed by atoms with Crippen molar-refractivity contribution >= 4 is 55.8 Å². The molecule has 1 atom stereocenters. The Bertz CT molecular complexity index is 1590. The van der Waals surface area contributed by atoms with Gasteiger partial charge in [0.2, 0.25) is 5.91 Å². The van der Waals surface area contributed by atoms with Crippen LogP contribution in [0.3, 0.4) is 0 Å². The number of hydrogen-bond donors (Lipinski definition) is 2. The summed E-state index contributed by atoms with van der Waals surface area (Å²) in [5.41, 5.74) is 8.10. The van der Waals surface area contributed by atoms with Gasteiger partial charge in [0.25, 0.3) is 5.91 Å². The lowest BCUT2D eigenvalue weighted by Crippen LogP contribution is -2.30. The fourth-order valence-electron chi connectivity index (χ4n) is 3.92. The molecule has 1 heterocycles. The minimum atomic E-state index is -1.06. The molecule has 5 rings (SSSR count). The first-order chi connectivity index (χ1) is 17.4. The number of hydrogen-bond acceptors (Lipinski definition) is 6. The fraction of sp³-hybridized carbons (Fsp3) is 0.0714. The molecule has 0 spiro atoms. The van der Waals surface area contributed by atoms with Gasteiger partial charge in [-0.2, -0.15) is 0 Å². The molecule has 8 heteroatoms. The van der Waals surface area contributed by atoms with Gasteiger partial charge in [-0.1, -0.05) is 42.5 Å². The highest BCUT2D eigenvalue weighted by atomic mass is 32.1. The van der Waals surface area contributed by atoms with Crippen LogP contribution in [0.2, 0.25) is 0 Å². The van der Waals surface area contributed by atoms with Crippen LogP contribution in [0, 0.1) is 0 Å². The van der Waals surface area contributed by atoms with E-state index in [2.05, 4.69) is 5.32 Å². The minimum absolute atomic E-state index is 0.326. The number of rotatable bonds is 6. The number of amides is 2. The maximum atomic E-state index is 13.2. The molecule has 0 saturated carbocycles. The average molecular weight is 496 g/mol. The third-order valence-corrected chi connectivity index (χ3v) is 6.81. The lowest BCUT2D eigenvalue weighted by molar-refractivity contribution is -0.123. The van der Waals surface area contributed by atoms with E-state index in [1.54, 1.807) is 35.6 Å². The molecule has 0 aliphatic carbocycles. The van der Waals surface area contributed by atoms with Crippen LogP contribution in [0.5, 0.6) is 0 Å². The molecule has 0 bridgehead atoms. The zero-order chi connectivity index (χ0) is 25.2. The van der Waals surface area contributed by atoms with E-state index in [-0.39, 0.29) is 0 Å². The summed E-state index contributed by atoms with van der Waals surface area (Å²) in [6, 6.07) is 25.2. The van der Waals surface area contributed by atoms with Gasteiger partial charge in [0.15, 0.2) is 6.10 Å². The second-order valence-corrected chi connectivity index (χ2v) is 9.21. The summed E-state index contributed by atoms with van der Waals surface area (Å²) in [4.78, 5) is 41.9. The van der Waals surface area contributed by atoms with Crippen molar-refractivity contribution in [1.29, 1.82) is 0 Å². The maximum Gasteiger partial charge on any atom is 0.339 e. The Kier molecular flexibility index (Phi) is 6.18. The molecule has 0 fully saturated rings. The van der Waals surface area contributed by atoms with Gasteiger partial charge in [0.1, 0.15) is 5.01 Å². The highest BCUT2D eigenvalue weighted by Gasteiger charge is 2.22. The van der Waals surface area contributed by atoms with Crippen molar-refractivity contribution in [2.75, 3.05) is 5.32 Å². The molecule has 1 aromatic heterocycles. The zero-order valence-corrected chi connectivity index (χ0v) is 20.0. The van der Waals surface area contributed by atoms with Gasteiger partial charge >= 0.3 is 5.97 Å². The van der Waals surface area contributed by atoms with Crippen LogP contribution < -0.4 is 11.1 Å². The van der Waals surface area contributed by atoms with Gasteiger partial charge in [-0.3, -0.25) is 9.59 Å². The second kappa shape index (κ2) is 9.59. The fourth-order valence-corrected chi connectivity index (χ4v) is 4.91. The molecule has 2 amide bonds. The van der Waals surface area contributed by atoms with Crippen LogP contribution in [0.25, 0.3) is 31.6 Å². The van der Waals surface area contributed by atoms with Crippen LogP contribution in [-0.4, -0.2) is 28.9 Å². The molecule has 0 saturated heterocycles. The molecular weight excluding hydrogens is 474 g/mol. The van der Waals surface area contributed by atoms with Crippen molar-refractivity contribution in [3.63, 3.8) is 0 Å². The first-order valence-electron chi connectivity index (χ1n) is 11.2. The number of primary amides is 1. The summed E-state index contributed by atoms with van der Waals surface area (Å²) in [5.74, 6) is -1.67. The maximum absolute atomic E-state index is 13.2. The van der Waals surface area contributed by atoms with E-state index in [1.165, 1.54) is 19.1 Å². The van der Waals surface area contributed by atoms with E-state index < -0.39 is 23.9 Å². The number of carbonyl (C=O) groups is 3. The van der Waals surface area contributed by atoms with Crippen molar-refractivity contribution < 1.29 is 19.1 Å². The molecule has 3 N–H and O–H groups in total. The van der Waals surface area contributed by atoms with Crippen LogP contribution in [0.4, 0.5) is 5.69 Å². The number of esters is 1. The van der Waals surface area contributed by atoms with Crippen molar-refractivity contribution in [2.24, 2.45) is 5.73 Å². The number of benzene rings is 4. The summed E-state index contributed by atoms with van der Waals surface area (Å²) in [6.45, 7) is 1.50. The molecule has 0 aliphatic heterocycles. The summed E-state index contributed by atoms with van der Waals surface area (Å²) < 4.78 is 6.60. The number of fused-ring (bicyclic) bond motifs is 2. The first-order valence-corrected chi connectivity index (χ1v) is 12.0. The Labute approximate surface area is 210 Å². The molecule has 0 radical (unpaired) electrons. The molecule has 0 aliphatic rings. The minimum Gasteiger partial charge on any atom is -0.449 e. The highest BCUT2D eigenvalue weighted by molar-refractivity contribution is 7.21. The molecule has 178 valence electrons. The number of carbonyl (C=O) groups excluding carboxylic acids is 3. The number of thiazole rings is 1. The van der Waals surface area contributed by atoms with E-state index in [0.717, 1.165) is 31.6 Å².